The molecule has 0 aliphatic heterocycles. The van der Waals surface area contributed by atoms with Crippen LogP contribution in [0.4, 0.5) is 4.39 Å². The summed E-state index contributed by atoms with van der Waals surface area (Å²) in [5, 5.41) is 0.450. The lowest BCUT2D eigenvalue weighted by atomic mass is 10.0. The SMILES string of the molecule is O=C(Cc1cccc(F)c1Cl)c1cc(Cl)ccc1Br. The standard InChI is InChI=1S/C14H8BrCl2FO/c15-11-5-4-9(16)7-10(11)13(19)6-8-2-1-3-12(18)14(8)17/h1-5,7H,6H2. The number of hydrogen-bond acceptors (Lipinski definition) is 1. The summed E-state index contributed by atoms with van der Waals surface area (Å²) in [7, 11) is 0. The first-order valence-electron chi connectivity index (χ1n) is 5.40. The largest absolute Gasteiger partial charge is 0.294 e. The first-order chi connectivity index (χ1) is 8.99. The topological polar surface area (TPSA) is 17.1 Å². The number of ketones is 1. The minimum absolute atomic E-state index is 0.0194. The molecule has 19 heavy (non-hydrogen) atoms. The van der Waals surface area contributed by atoms with Gasteiger partial charge in [-0.1, -0.05) is 51.3 Å². The van der Waals surface area contributed by atoms with E-state index in [4.69, 9.17) is 23.2 Å². The third kappa shape index (κ3) is 3.35. The molecule has 0 radical (unpaired) electrons. The van der Waals surface area contributed by atoms with Crippen molar-refractivity contribution >= 4 is 44.9 Å². The summed E-state index contributed by atoms with van der Waals surface area (Å²) >= 11 is 15.0. The maximum absolute atomic E-state index is 13.3. The maximum Gasteiger partial charge on any atom is 0.168 e. The zero-order valence-corrected chi connectivity index (χ0v) is 12.7. The van der Waals surface area contributed by atoms with E-state index in [0.717, 1.165) is 0 Å². The lowest BCUT2D eigenvalue weighted by Crippen LogP contribution is -2.05. The van der Waals surface area contributed by atoms with Crippen LogP contribution >= 0.6 is 39.1 Å². The molecule has 0 amide bonds. The molecule has 98 valence electrons. The van der Waals surface area contributed by atoms with Crippen LogP contribution in [0.5, 0.6) is 0 Å². The summed E-state index contributed by atoms with van der Waals surface area (Å²) in [4.78, 5) is 12.2. The van der Waals surface area contributed by atoms with Crippen molar-refractivity contribution in [3.05, 3.63) is 67.9 Å². The molecule has 2 rings (SSSR count). The predicted molar refractivity (Wildman–Crippen MR) is 78.6 cm³/mol. The van der Waals surface area contributed by atoms with Crippen LogP contribution in [-0.2, 0) is 6.42 Å². The second-order valence-electron chi connectivity index (χ2n) is 3.94. The molecule has 0 fully saturated rings. The van der Waals surface area contributed by atoms with E-state index >= 15 is 0 Å². The summed E-state index contributed by atoms with van der Waals surface area (Å²) in [6, 6.07) is 9.35. The van der Waals surface area contributed by atoms with Crippen molar-refractivity contribution in [2.75, 3.05) is 0 Å². The Kier molecular flexibility index (Phi) is 4.61. The van der Waals surface area contributed by atoms with Crippen LogP contribution in [0.25, 0.3) is 0 Å². The van der Waals surface area contributed by atoms with Gasteiger partial charge in [-0.15, -0.1) is 0 Å². The van der Waals surface area contributed by atoms with Gasteiger partial charge in [0, 0.05) is 21.5 Å². The molecule has 0 spiro atoms. The fourth-order valence-corrected chi connectivity index (χ4v) is 2.50. The van der Waals surface area contributed by atoms with Gasteiger partial charge >= 0.3 is 0 Å². The van der Waals surface area contributed by atoms with Crippen molar-refractivity contribution in [2.45, 2.75) is 6.42 Å². The molecule has 0 heterocycles. The Balaban J connectivity index is 2.31. The van der Waals surface area contributed by atoms with Crippen molar-refractivity contribution in [2.24, 2.45) is 0 Å². The van der Waals surface area contributed by atoms with Gasteiger partial charge in [-0.25, -0.2) is 4.39 Å². The smallest absolute Gasteiger partial charge is 0.168 e. The second-order valence-corrected chi connectivity index (χ2v) is 5.61. The number of carbonyl (C=O) groups excluding carboxylic acids is 1. The maximum atomic E-state index is 13.3. The number of rotatable bonds is 3. The third-order valence-electron chi connectivity index (χ3n) is 2.61. The highest BCUT2D eigenvalue weighted by molar-refractivity contribution is 9.10. The number of benzene rings is 2. The van der Waals surface area contributed by atoms with Gasteiger partial charge in [0.2, 0.25) is 0 Å². The molecule has 0 aliphatic rings. The fourth-order valence-electron chi connectivity index (χ4n) is 1.66. The molecule has 1 nitrogen and oxygen atoms in total. The van der Waals surface area contributed by atoms with Crippen molar-refractivity contribution in [3.8, 4) is 0 Å². The summed E-state index contributed by atoms with van der Waals surface area (Å²) in [5.41, 5.74) is 0.909. The van der Waals surface area contributed by atoms with Gasteiger partial charge in [0.15, 0.2) is 5.78 Å². The summed E-state index contributed by atoms with van der Waals surface area (Å²) in [6.45, 7) is 0. The molecular weight excluding hydrogens is 354 g/mol. The zero-order valence-electron chi connectivity index (χ0n) is 9.59. The Morgan fingerprint density at radius 2 is 1.95 bits per heavy atom. The molecule has 0 bridgehead atoms. The number of Topliss-reactive ketones (excluding diaryl/α,β-unsaturated/α-hetero) is 1. The number of carbonyl (C=O) groups is 1. The van der Waals surface area contributed by atoms with Crippen molar-refractivity contribution < 1.29 is 9.18 Å². The molecule has 0 atom stereocenters. The molecule has 2 aromatic rings. The molecule has 0 unspecified atom stereocenters. The van der Waals surface area contributed by atoms with Gasteiger partial charge in [-0.3, -0.25) is 4.79 Å². The Morgan fingerprint density at radius 3 is 2.68 bits per heavy atom. The van der Waals surface area contributed by atoms with Gasteiger partial charge in [0.05, 0.1) is 5.02 Å². The highest BCUT2D eigenvalue weighted by Gasteiger charge is 2.14. The minimum atomic E-state index is -0.530. The highest BCUT2D eigenvalue weighted by Crippen LogP contribution is 2.25. The number of hydrogen-bond donors (Lipinski definition) is 0. The van der Waals surface area contributed by atoms with Crippen molar-refractivity contribution in [1.29, 1.82) is 0 Å². The van der Waals surface area contributed by atoms with E-state index < -0.39 is 5.82 Å². The van der Waals surface area contributed by atoms with Crippen LogP contribution in [0.2, 0.25) is 10.0 Å². The van der Waals surface area contributed by atoms with E-state index in [9.17, 15) is 9.18 Å². The van der Waals surface area contributed by atoms with E-state index in [1.807, 2.05) is 0 Å². The number of halogens is 4. The van der Waals surface area contributed by atoms with Crippen LogP contribution in [0.1, 0.15) is 15.9 Å². The Labute approximate surface area is 128 Å². The van der Waals surface area contributed by atoms with Crippen molar-refractivity contribution in [1.82, 2.24) is 0 Å². The fraction of sp³-hybridized carbons (Fsp3) is 0.0714. The van der Waals surface area contributed by atoms with E-state index in [0.29, 0.717) is 20.6 Å². The summed E-state index contributed by atoms with van der Waals surface area (Å²) in [6.07, 6.45) is 0.0233. The van der Waals surface area contributed by atoms with E-state index in [2.05, 4.69) is 15.9 Å². The molecule has 0 aliphatic carbocycles. The van der Waals surface area contributed by atoms with E-state index in [1.165, 1.54) is 12.1 Å². The van der Waals surface area contributed by atoms with Crippen LogP contribution in [-0.4, -0.2) is 5.78 Å². The van der Waals surface area contributed by atoms with Gasteiger partial charge in [0.25, 0.3) is 0 Å². The highest BCUT2D eigenvalue weighted by atomic mass is 79.9. The molecule has 0 saturated heterocycles. The van der Waals surface area contributed by atoms with Crippen molar-refractivity contribution in [3.63, 3.8) is 0 Å². The Hall–Kier alpha value is -0.900. The molecule has 2 aromatic carbocycles. The monoisotopic (exact) mass is 360 g/mol. The lowest BCUT2D eigenvalue weighted by molar-refractivity contribution is 0.0992. The van der Waals surface area contributed by atoms with Gasteiger partial charge in [-0.2, -0.15) is 0 Å². The van der Waals surface area contributed by atoms with E-state index in [1.54, 1.807) is 24.3 Å². The van der Waals surface area contributed by atoms with E-state index in [-0.39, 0.29) is 17.2 Å². The lowest BCUT2D eigenvalue weighted by Gasteiger charge is -2.06. The van der Waals surface area contributed by atoms with Gasteiger partial charge in [-0.05, 0) is 29.8 Å². The molecule has 5 heteroatoms. The van der Waals surface area contributed by atoms with Gasteiger partial charge < -0.3 is 0 Å². The third-order valence-corrected chi connectivity index (χ3v) is 3.96. The Bertz CT molecular complexity index is 643. The normalized spacial score (nSPS) is 10.5. The van der Waals surface area contributed by atoms with Crippen LogP contribution in [0, 0.1) is 5.82 Å². The molecule has 0 saturated carbocycles. The molecule has 0 aromatic heterocycles. The predicted octanol–water partition coefficient (Wildman–Crippen LogP) is 5.32. The first kappa shape index (κ1) is 14.5. The first-order valence-corrected chi connectivity index (χ1v) is 6.95. The minimum Gasteiger partial charge on any atom is -0.294 e. The average Bonchev–Trinajstić information content (AvgIpc) is 2.38. The van der Waals surface area contributed by atoms with Crippen LogP contribution in [0.3, 0.4) is 0 Å². The zero-order chi connectivity index (χ0) is 14.0. The second kappa shape index (κ2) is 6.04. The molecular formula is C14H8BrCl2FO. The Morgan fingerprint density at radius 1 is 1.21 bits per heavy atom. The summed E-state index contributed by atoms with van der Waals surface area (Å²) in [5.74, 6) is -0.709. The van der Waals surface area contributed by atoms with Gasteiger partial charge in [0.1, 0.15) is 5.82 Å². The quantitative estimate of drug-likeness (QED) is 0.676. The van der Waals surface area contributed by atoms with Crippen LogP contribution < -0.4 is 0 Å². The van der Waals surface area contributed by atoms with Crippen LogP contribution in [0.15, 0.2) is 40.9 Å². The summed E-state index contributed by atoms with van der Waals surface area (Å²) < 4.78 is 13.9. The average molecular weight is 362 g/mol. The molecule has 0 N–H and O–H groups in total.